The summed E-state index contributed by atoms with van der Waals surface area (Å²) in [6.07, 6.45) is -4.39. The van der Waals surface area contributed by atoms with Crippen LogP contribution in [0.3, 0.4) is 0 Å². The van der Waals surface area contributed by atoms with E-state index in [1.54, 1.807) is 6.07 Å². The third-order valence-electron chi connectivity index (χ3n) is 4.64. The number of nitrogens with zero attached hydrogens (tertiary/aromatic N) is 2. The summed E-state index contributed by atoms with van der Waals surface area (Å²) in [5, 5.41) is 14.1. The maximum Gasteiger partial charge on any atom is 0.573 e. The summed E-state index contributed by atoms with van der Waals surface area (Å²) >= 11 is 0. The lowest BCUT2D eigenvalue weighted by atomic mass is 10.1. The Morgan fingerprint density at radius 3 is 2.45 bits per heavy atom. The molecule has 1 saturated heterocycles. The van der Waals surface area contributed by atoms with Gasteiger partial charge in [-0.25, -0.2) is 0 Å². The Hall–Kier alpha value is -3.34. The summed E-state index contributed by atoms with van der Waals surface area (Å²) in [5.74, 6) is -0.804. The maximum absolute atomic E-state index is 12.4. The standard InChI is InChI=1S/C20H20F3N3O5/c21-20(22,23)31-16-4-1-14(2-5-16)7-8-24-19(27)15-3-6-17(18(13-15)26(28)29)25-9-11-30-12-10-25/h1-6,13H,7-12H2,(H,24,27). The van der Waals surface area contributed by atoms with Crippen LogP contribution < -0.4 is 15.0 Å². The first-order chi connectivity index (χ1) is 14.7. The van der Waals surface area contributed by atoms with Crippen molar-refractivity contribution in [1.29, 1.82) is 0 Å². The number of anilines is 1. The van der Waals surface area contributed by atoms with E-state index in [0.717, 1.165) is 0 Å². The van der Waals surface area contributed by atoms with Gasteiger partial charge in [-0.15, -0.1) is 13.2 Å². The number of halogens is 3. The fraction of sp³-hybridized carbons (Fsp3) is 0.350. The van der Waals surface area contributed by atoms with Crippen molar-refractivity contribution in [1.82, 2.24) is 5.32 Å². The number of ether oxygens (including phenoxy) is 2. The molecule has 0 spiro atoms. The third-order valence-corrected chi connectivity index (χ3v) is 4.64. The van der Waals surface area contributed by atoms with Gasteiger partial charge in [-0.1, -0.05) is 12.1 Å². The zero-order chi connectivity index (χ0) is 22.4. The van der Waals surface area contributed by atoms with Crippen LogP contribution in [0, 0.1) is 10.1 Å². The molecule has 8 nitrogen and oxygen atoms in total. The number of hydrogen-bond donors (Lipinski definition) is 1. The molecule has 166 valence electrons. The van der Waals surface area contributed by atoms with E-state index >= 15 is 0 Å². The SMILES string of the molecule is O=C(NCCc1ccc(OC(F)(F)F)cc1)c1ccc(N2CCOCC2)c([N+](=O)[O-])c1. The van der Waals surface area contributed by atoms with E-state index in [1.807, 2.05) is 4.90 Å². The molecule has 0 bridgehead atoms. The van der Waals surface area contributed by atoms with E-state index in [4.69, 9.17) is 4.74 Å². The average Bonchev–Trinajstić information content (AvgIpc) is 2.74. The number of carbonyl (C=O) groups excluding carboxylic acids is 1. The van der Waals surface area contributed by atoms with E-state index in [0.29, 0.717) is 44.0 Å². The van der Waals surface area contributed by atoms with Crippen LogP contribution in [0.25, 0.3) is 0 Å². The van der Waals surface area contributed by atoms with Gasteiger partial charge in [0.25, 0.3) is 11.6 Å². The van der Waals surface area contributed by atoms with Gasteiger partial charge in [0, 0.05) is 31.3 Å². The Bertz CT molecular complexity index is 929. The molecule has 0 aliphatic carbocycles. The number of alkyl halides is 3. The highest BCUT2D eigenvalue weighted by Gasteiger charge is 2.31. The smallest absolute Gasteiger partial charge is 0.406 e. The second-order valence-corrected chi connectivity index (χ2v) is 6.76. The fourth-order valence-electron chi connectivity index (χ4n) is 3.16. The number of amides is 1. The van der Waals surface area contributed by atoms with E-state index in [-0.39, 0.29) is 23.5 Å². The van der Waals surface area contributed by atoms with Crippen molar-refractivity contribution >= 4 is 17.3 Å². The summed E-state index contributed by atoms with van der Waals surface area (Å²) in [6, 6.07) is 9.64. The van der Waals surface area contributed by atoms with Gasteiger partial charge >= 0.3 is 6.36 Å². The lowest BCUT2D eigenvalue weighted by Gasteiger charge is -2.28. The maximum atomic E-state index is 12.4. The molecule has 1 N–H and O–H groups in total. The van der Waals surface area contributed by atoms with Gasteiger partial charge < -0.3 is 19.7 Å². The molecule has 0 aromatic heterocycles. The second-order valence-electron chi connectivity index (χ2n) is 6.76. The quantitative estimate of drug-likeness (QED) is 0.526. The van der Waals surface area contributed by atoms with Crippen molar-refractivity contribution in [3.63, 3.8) is 0 Å². The fourth-order valence-corrected chi connectivity index (χ4v) is 3.16. The Morgan fingerprint density at radius 2 is 1.84 bits per heavy atom. The molecule has 1 amide bonds. The molecule has 3 rings (SSSR count). The molecule has 0 radical (unpaired) electrons. The largest absolute Gasteiger partial charge is 0.573 e. The average molecular weight is 439 g/mol. The number of carbonyl (C=O) groups is 1. The van der Waals surface area contributed by atoms with Gasteiger partial charge in [-0.2, -0.15) is 0 Å². The minimum atomic E-state index is -4.75. The Kier molecular flexibility index (Phi) is 6.95. The van der Waals surface area contributed by atoms with E-state index in [1.165, 1.54) is 36.4 Å². The first-order valence-corrected chi connectivity index (χ1v) is 9.47. The summed E-state index contributed by atoms with van der Waals surface area (Å²) in [4.78, 5) is 25.2. The topological polar surface area (TPSA) is 93.9 Å². The van der Waals surface area contributed by atoms with Gasteiger partial charge in [0.1, 0.15) is 11.4 Å². The lowest BCUT2D eigenvalue weighted by Crippen LogP contribution is -2.36. The Balaban J connectivity index is 1.59. The van der Waals surface area contributed by atoms with Crippen LogP contribution in [0.1, 0.15) is 15.9 Å². The molecule has 2 aromatic carbocycles. The number of morpholine rings is 1. The summed E-state index contributed by atoms with van der Waals surface area (Å²) in [6.45, 7) is 2.21. The van der Waals surface area contributed by atoms with Crippen molar-refractivity contribution in [2.24, 2.45) is 0 Å². The van der Waals surface area contributed by atoms with Gasteiger partial charge in [0.15, 0.2) is 0 Å². The highest BCUT2D eigenvalue weighted by molar-refractivity contribution is 5.95. The van der Waals surface area contributed by atoms with Gasteiger partial charge in [-0.3, -0.25) is 14.9 Å². The molecule has 11 heteroatoms. The predicted molar refractivity (Wildman–Crippen MR) is 105 cm³/mol. The normalized spacial score (nSPS) is 14.2. The minimum Gasteiger partial charge on any atom is -0.406 e. The van der Waals surface area contributed by atoms with E-state index < -0.39 is 17.2 Å². The molecule has 1 fully saturated rings. The number of rotatable bonds is 7. The monoisotopic (exact) mass is 439 g/mol. The Labute approximate surface area is 175 Å². The van der Waals surface area contributed by atoms with Gasteiger partial charge in [-0.05, 0) is 36.2 Å². The summed E-state index contributed by atoms with van der Waals surface area (Å²) in [5.41, 5.74) is 1.13. The molecule has 0 unspecified atom stereocenters. The first kappa shape index (κ1) is 22.3. The van der Waals surface area contributed by atoms with Crippen LogP contribution in [-0.2, 0) is 11.2 Å². The van der Waals surface area contributed by atoms with Crippen LogP contribution in [0.5, 0.6) is 5.75 Å². The number of nitro benzene ring substituents is 1. The number of nitro groups is 1. The Morgan fingerprint density at radius 1 is 1.16 bits per heavy atom. The second kappa shape index (κ2) is 9.65. The van der Waals surface area contributed by atoms with Crippen LogP contribution in [-0.4, -0.2) is 50.0 Å². The van der Waals surface area contributed by atoms with Crippen molar-refractivity contribution in [2.45, 2.75) is 12.8 Å². The molecule has 1 heterocycles. The predicted octanol–water partition coefficient (Wildman–Crippen LogP) is 3.30. The van der Waals surface area contributed by atoms with Crippen LogP contribution in [0.4, 0.5) is 24.5 Å². The summed E-state index contributed by atoms with van der Waals surface area (Å²) < 4.78 is 45.6. The van der Waals surface area contributed by atoms with E-state index in [9.17, 15) is 28.1 Å². The van der Waals surface area contributed by atoms with Gasteiger partial charge in [0.05, 0.1) is 18.1 Å². The zero-order valence-corrected chi connectivity index (χ0v) is 16.4. The van der Waals surface area contributed by atoms with Crippen LogP contribution >= 0.6 is 0 Å². The van der Waals surface area contributed by atoms with Crippen molar-refractivity contribution in [2.75, 3.05) is 37.7 Å². The highest BCUT2D eigenvalue weighted by Crippen LogP contribution is 2.30. The summed E-state index contributed by atoms with van der Waals surface area (Å²) in [7, 11) is 0. The van der Waals surface area contributed by atoms with Crippen molar-refractivity contribution < 1.29 is 32.4 Å². The van der Waals surface area contributed by atoms with Crippen LogP contribution in [0.2, 0.25) is 0 Å². The van der Waals surface area contributed by atoms with Crippen molar-refractivity contribution in [3.05, 3.63) is 63.7 Å². The molecule has 2 aromatic rings. The molecule has 1 aliphatic rings. The first-order valence-electron chi connectivity index (χ1n) is 9.47. The number of hydrogen-bond acceptors (Lipinski definition) is 6. The third kappa shape index (κ3) is 6.32. The minimum absolute atomic E-state index is 0.151. The van der Waals surface area contributed by atoms with Gasteiger partial charge in [0.2, 0.25) is 0 Å². The molecular formula is C20H20F3N3O5. The molecular weight excluding hydrogens is 419 g/mol. The van der Waals surface area contributed by atoms with Crippen LogP contribution in [0.15, 0.2) is 42.5 Å². The highest BCUT2D eigenvalue weighted by atomic mass is 19.4. The number of benzene rings is 2. The van der Waals surface area contributed by atoms with Crippen molar-refractivity contribution in [3.8, 4) is 5.75 Å². The lowest BCUT2D eigenvalue weighted by molar-refractivity contribution is -0.384. The molecule has 31 heavy (non-hydrogen) atoms. The zero-order valence-electron chi connectivity index (χ0n) is 16.4. The molecule has 1 aliphatic heterocycles. The van der Waals surface area contributed by atoms with E-state index in [2.05, 4.69) is 10.1 Å². The number of nitrogens with one attached hydrogen (secondary N) is 1. The molecule has 0 saturated carbocycles. The molecule has 0 atom stereocenters.